The Morgan fingerprint density at radius 3 is 2.93 bits per heavy atom. The molecule has 0 aromatic heterocycles. The molecule has 3 N–H and O–H groups in total. The van der Waals surface area contributed by atoms with E-state index in [9.17, 15) is 9.90 Å². The number of hydrogen-bond acceptors (Lipinski definition) is 3. The fourth-order valence-electron chi connectivity index (χ4n) is 1.98. The van der Waals surface area contributed by atoms with E-state index in [1.807, 2.05) is 6.07 Å². The summed E-state index contributed by atoms with van der Waals surface area (Å²) in [4.78, 5) is 11.3. The fourth-order valence-corrected chi connectivity index (χ4v) is 1.98. The van der Waals surface area contributed by atoms with Crippen LogP contribution in [-0.2, 0) is 10.2 Å². The van der Waals surface area contributed by atoms with Gasteiger partial charge < -0.3 is 15.6 Å². The number of carboxylic acid groups (broad SMARTS) is 1. The van der Waals surface area contributed by atoms with Crippen molar-refractivity contribution >= 4 is 5.97 Å². The molecular weight excluding hydrogens is 194 g/mol. The lowest BCUT2D eigenvalue weighted by molar-refractivity contribution is -0.144. The molecule has 0 saturated carbocycles. The molecule has 15 heavy (non-hydrogen) atoms. The summed E-state index contributed by atoms with van der Waals surface area (Å²) in [6.07, 6.45) is 0.426. The molecule has 2 rings (SSSR count). The van der Waals surface area contributed by atoms with Crippen molar-refractivity contribution in [3.8, 4) is 5.75 Å². The van der Waals surface area contributed by atoms with Crippen LogP contribution in [0.5, 0.6) is 5.75 Å². The monoisotopic (exact) mass is 207 g/mol. The predicted molar refractivity (Wildman–Crippen MR) is 54.9 cm³/mol. The van der Waals surface area contributed by atoms with E-state index in [1.165, 1.54) is 0 Å². The second-order valence-corrected chi connectivity index (χ2v) is 3.69. The normalized spacial score (nSPS) is 24.1. The van der Waals surface area contributed by atoms with Crippen LogP contribution in [0.25, 0.3) is 0 Å². The minimum atomic E-state index is -0.977. The van der Waals surface area contributed by atoms with Gasteiger partial charge in [0.25, 0.3) is 0 Å². The summed E-state index contributed by atoms with van der Waals surface area (Å²) in [5.41, 5.74) is 5.33. The van der Waals surface area contributed by atoms with Crippen LogP contribution < -0.4 is 10.5 Å². The van der Waals surface area contributed by atoms with Crippen molar-refractivity contribution in [2.45, 2.75) is 11.8 Å². The van der Waals surface area contributed by atoms with Gasteiger partial charge in [0.1, 0.15) is 11.2 Å². The maximum absolute atomic E-state index is 11.3. The number of carbonyl (C=O) groups is 1. The number of fused-ring (bicyclic) bond motifs is 1. The molecule has 1 aliphatic heterocycles. The van der Waals surface area contributed by atoms with Crippen molar-refractivity contribution in [2.24, 2.45) is 5.73 Å². The number of benzene rings is 1. The molecular formula is C11H13NO3. The van der Waals surface area contributed by atoms with Gasteiger partial charge in [0, 0.05) is 18.5 Å². The van der Waals surface area contributed by atoms with Gasteiger partial charge in [0.05, 0.1) is 6.61 Å². The summed E-state index contributed by atoms with van der Waals surface area (Å²) in [5, 5.41) is 9.30. The third-order valence-corrected chi connectivity index (χ3v) is 2.95. The van der Waals surface area contributed by atoms with E-state index in [2.05, 4.69) is 0 Å². The molecule has 0 radical (unpaired) electrons. The number of carboxylic acids is 1. The Balaban J connectivity index is 2.57. The zero-order valence-corrected chi connectivity index (χ0v) is 8.27. The van der Waals surface area contributed by atoms with Crippen molar-refractivity contribution in [2.75, 3.05) is 13.2 Å². The van der Waals surface area contributed by atoms with Crippen LogP contribution in [0.3, 0.4) is 0 Å². The molecule has 1 unspecified atom stereocenters. The SMILES string of the molecule is NCC1(C(=O)O)CCOc2ccccc21. The highest BCUT2D eigenvalue weighted by atomic mass is 16.5. The molecule has 0 fully saturated rings. The van der Waals surface area contributed by atoms with Gasteiger partial charge in [0.2, 0.25) is 0 Å². The van der Waals surface area contributed by atoms with E-state index in [0.717, 1.165) is 0 Å². The van der Waals surface area contributed by atoms with E-state index in [4.69, 9.17) is 10.5 Å². The van der Waals surface area contributed by atoms with Crippen LogP contribution >= 0.6 is 0 Å². The molecule has 0 saturated heterocycles. The lowest BCUT2D eigenvalue weighted by Crippen LogP contribution is -2.46. The molecule has 0 aliphatic carbocycles. The lowest BCUT2D eigenvalue weighted by Gasteiger charge is -2.34. The summed E-state index contributed by atoms with van der Waals surface area (Å²) in [6, 6.07) is 7.19. The number of rotatable bonds is 2. The van der Waals surface area contributed by atoms with E-state index in [-0.39, 0.29) is 6.54 Å². The largest absolute Gasteiger partial charge is 0.493 e. The third-order valence-electron chi connectivity index (χ3n) is 2.95. The molecule has 0 spiro atoms. The van der Waals surface area contributed by atoms with Gasteiger partial charge in [0.15, 0.2) is 0 Å². The number of ether oxygens (including phenoxy) is 1. The second kappa shape index (κ2) is 3.55. The van der Waals surface area contributed by atoms with Crippen molar-refractivity contribution in [1.82, 2.24) is 0 Å². The van der Waals surface area contributed by atoms with Gasteiger partial charge in [-0.1, -0.05) is 18.2 Å². The summed E-state index contributed by atoms with van der Waals surface area (Å²) >= 11 is 0. The zero-order valence-electron chi connectivity index (χ0n) is 8.27. The van der Waals surface area contributed by atoms with Crippen LogP contribution in [0.4, 0.5) is 0 Å². The molecule has 80 valence electrons. The van der Waals surface area contributed by atoms with Crippen molar-refractivity contribution in [3.63, 3.8) is 0 Å². The Morgan fingerprint density at radius 1 is 1.53 bits per heavy atom. The molecule has 0 amide bonds. The smallest absolute Gasteiger partial charge is 0.315 e. The minimum absolute atomic E-state index is 0.0999. The number of para-hydroxylation sites is 1. The molecule has 1 atom stereocenters. The average Bonchev–Trinajstić information content (AvgIpc) is 2.28. The standard InChI is InChI=1S/C11H13NO3/c12-7-11(10(13)14)5-6-15-9-4-2-1-3-8(9)11/h1-4H,5-7,12H2,(H,13,14). The van der Waals surface area contributed by atoms with Gasteiger partial charge in [-0.3, -0.25) is 4.79 Å². The van der Waals surface area contributed by atoms with Crippen molar-refractivity contribution < 1.29 is 14.6 Å². The van der Waals surface area contributed by atoms with E-state index >= 15 is 0 Å². The lowest BCUT2D eigenvalue weighted by atomic mass is 9.76. The van der Waals surface area contributed by atoms with Crippen LogP contribution in [0, 0.1) is 0 Å². The molecule has 4 heteroatoms. The predicted octanol–water partition coefficient (Wildman–Crippen LogP) is 0.750. The van der Waals surface area contributed by atoms with Crippen LogP contribution in [0.15, 0.2) is 24.3 Å². The Labute approximate surface area is 87.7 Å². The van der Waals surface area contributed by atoms with Gasteiger partial charge in [-0.2, -0.15) is 0 Å². The molecule has 4 nitrogen and oxygen atoms in total. The van der Waals surface area contributed by atoms with Gasteiger partial charge in [-0.05, 0) is 6.07 Å². The number of hydrogen-bond donors (Lipinski definition) is 2. The van der Waals surface area contributed by atoms with Crippen molar-refractivity contribution in [3.05, 3.63) is 29.8 Å². The zero-order chi connectivity index (χ0) is 10.9. The highest BCUT2D eigenvalue weighted by molar-refractivity contribution is 5.83. The quantitative estimate of drug-likeness (QED) is 0.750. The molecule has 1 heterocycles. The first-order valence-electron chi connectivity index (χ1n) is 4.86. The highest BCUT2D eigenvalue weighted by Gasteiger charge is 2.43. The minimum Gasteiger partial charge on any atom is -0.493 e. The molecule has 1 aromatic carbocycles. The maximum Gasteiger partial charge on any atom is 0.315 e. The topological polar surface area (TPSA) is 72.6 Å². The van der Waals surface area contributed by atoms with Gasteiger partial charge in [-0.15, -0.1) is 0 Å². The Hall–Kier alpha value is -1.55. The van der Waals surface area contributed by atoms with Crippen LogP contribution in [0.2, 0.25) is 0 Å². The average molecular weight is 207 g/mol. The number of nitrogens with two attached hydrogens (primary N) is 1. The summed E-state index contributed by atoms with van der Waals surface area (Å²) in [7, 11) is 0. The third kappa shape index (κ3) is 1.37. The van der Waals surface area contributed by atoms with Crippen molar-refractivity contribution in [1.29, 1.82) is 0 Å². The Bertz CT molecular complexity index is 391. The Kier molecular flexibility index (Phi) is 2.36. The summed E-state index contributed by atoms with van der Waals surface area (Å²) in [5.74, 6) is -0.239. The van der Waals surface area contributed by atoms with E-state index in [1.54, 1.807) is 18.2 Å². The highest BCUT2D eigenvalue weighted by Crippen LogP contribution is 2.38. The molecule has 1 aromatic rings. The van der Waals surface area contributed by atoms with Gasteiger partial charge in [-0.25, -0.2) is 0 Å². The van der Waals surface area contributed by atoms with Crippen LogP contribution in [-0.4, -0.2) is 24.2 Å². The van der Waals surface area contributed by atoms with Gasteiger partial charge >= 0.3 is 5.97 Å². The number of aliphatic carboxylic acids is 1. The summed E-state index contributed by atoms with van der Waals surface area (Å²) in [6.45, 7) is 0.503. The first-order chi connectivity index (χ1) is 7.20. The maximum atomic E-state index is 11.3. The molecule has 1 aliphatic rings. The van der Waals surface area contributed by atoms with E-state index < -0.39 is 11.4 Å². The van der Waals surface area contributed by atoms with Crippen LogP contribution in [0.1, 0.15) is 12.0 Å². The second-order valence-electron chi connectivity index (χ2n) is 3.69. The first kappa shape index (κ1) is 9.98. The Morgan fingerprint density at radius 2 is 2.27 bits per heavy atom. The fraction of sp³-hybridized carbons (Fsp3) is 0.364. The summed E-state index contributed by atoms with van der Waals surface area (Å²) < 4.78 is 5.41. The van der Waals surface area contributed by atoms with E-state index in [0.29, 0.717) is 24.3 Å². The first-order valence-corrected chi connectivity index (χ1v) is 4.86. The molecule has 0 bridgehead atoms.